The summed E-state index contributed by atoms with van der Waals surface area (Å²) in [7, 11) is -3.88. The molecule has 0 aliphatic rings. The summed E-state index contributed by atoms with van der Waals surface area (Å²) in [5.41, 5.74) is 0.689. The highest BCUT2D eigenvalue weighted by molar-refractivity contribution is 7.92. The van der Waals surface area contributed by atoms with Gasteiger partial charge in [0, 0.05) is 13.1 Å². The Morgan fingerprint density at radius 2 is 1.53 bits per heavy atom. The highest BCUT2D eigenvalue weighted by Gasteiger charge is 2.30. The lowest BCUT2D eigenvalue weighted by molar-refractivity contribution is -0.139. The van der Waals surface area contributed by atoms with Gasteiger partial charge in [-0.3, -0.25) is 13.9 Å². The number of anilines is 1. The van der Waals surface area contributed by atoms with Gasteiger partial charge in [-0.2, -0.15) is 0 Å². The Hall–Kier alpha value is -3.01. The van der Waals surface area contributed by atoms with Gasteiger partial charge in [0.2, 0.25) is 21.8 Å². The third-order valence-corrected chi connectivity index (χ3v) is 5.92. The Bertz CT molecular complexity index is 1030. The summed E-state index contributed by atoms with van der Waals surface area (Å²) in [5, 5.41) is 2.72. The molecule has 1 N–H and O–H groups in total. The minimum absolute atomic E-state index is 0.0269. The van der Waals surface area contributed by atoms with Crippen molar-refractivity contribution in [2.45, 2.75) is 32.9 Å². The Balaban J connectivity index is 2.34. The van der Waals surface area contributed by atoms with E-state index in [4.69, 9.17) is 0 Å². The first-order valence-electron chi connectivity index (χ1n) is 10.1. The highest BCUT2D eigenvalue weighted by atomic mass is 32.2. The van der Waals surface area contributed by atoms with Gasteiger partial charge in [0.25, 0.3) is 0 Å². The van der Waals surface area contributed by atoms with Crippen molar-refractivity contribution in [2.24, 2.45) is 0 Å². The summed E-state index contributed by atoms with van der Waals surface area (Å²) in [5.74, 6) is -2.02. The molecule has 2 aromatic rings. The Kier molecular flexibility index (Phi) is 8.71. The average Bonchev–Trinajstić information content (AvgIpc) is 2.74. The van der Waals surface area contributed by atoms with Gasteiger partial charge in [0.15, 0.2) is 0 Å². The standard InChI is InChI=1S/C22H27F2N3O4S/c1-4-13-25-22(29)16(2)26(14-17-5-7-18(23)8-6-17)21(28)15-27(32(3,30)31)20-11-9-19(24)10-12-20/h5-12,16H,4,13-15H2,1-3H3,(H,25,29). The minimum Gasteiger partial charge on any atom is -0.354 e. The van der Waals surface area contributed by atoms with Gasteiger partial charge in [-0.05, 0) is 55.3 Å². The van der Waals surface area contributed by atoms with Crippen molar-refractivity contribution in [1.82, 2.24) is 10.2 Å². The lowest BCUT2D eigenvalue weighted by atomic mass is 10.1. The van der Waals surface area contributed by atoms with Crippen molar-refractivity contribution < 1.29 is 26.8 Å². The van der Waals surface area contributed by atoms with Crippen molar-refractivity contribution in [2.75, 3.05) is 23.7 Å². The van der Waals surface area contributed by atoms with E-state index in [-0.39, 0.29) is 12.2 Å². The van der Waals surface area contributed by atoms with Crippen LogP contribution < -0.4 is 9.62 Å². The molecule has 0 aliphatic carbocycles. The third kappa shape index (κ3) is 7.01. The molecule has 2 aromatic carbocycles. The smallest absolute Gasteiger partial charge is 0.244 e. The Morgan fingerprint density at radius 1 is 1.00 bits per heavy atom. The number of nitrogens with one attached hydrogen (secondary N) is 1. The topological polar surface area (TPSA) is 86.8 Å². The predicted molar refractivity (Wildman–Crippen MR) is 118 cm³/mol. The molecule has 0 radical (unpaired) electrons. The second-order valence-corrected chi connectivity index (χ2v) is 9.27. The second kappa shape index (κ2) is 11.0. The van der Waals surface area contributed by atoms with E-state index in [2.05, 4.69) is 5.32 Å². The van der Waals surface area contributed by atoms with Crippen LogP contribution in [0.2, 0.25) is 0 Å². The molecular formula is C22H27F2N3O4S. The quantitative estimate of drug-likeness (QED) is 0.582. The van der Waals surface area contributed by atoms with Gasteiger partial charge in [0.05, 0.1) is 11.9 Å². The molecule has 0 aromatic heterocycles. The number of nitrogens with zero attached hydrogens (tertiary/aromatic N) is 2. The maximum Gasteiger partial charge on any atom is 0.244 e. The third-order valence-electron chi connectivity index (χ3n) is 4.78. The molecule has 174 valence electrons. The van der Waals surface area contributed by atoms with Gasteiger partial charge in [-0.15, -0.1) is 0 Å². The summed E-state index contributed by atoms with van der Waals surface area (Å²) in [6, 6.07) is 9.23. The molecule has 0 spiro atoms. The molecule has 0 bridgehead atoms. The number of halogens is 2. The molecular weight excluding hydrogens is 440 g/mol. The molecule has 10 heteroatoms. The van der Waals surface area contributed by atoms with Crippen LogP contribution in [0.1, 0.15) is 25.8 Å². The molecule has 2 rings (SSSR count). The van der Waals surface area contributed by atoms with E-state index in [9.17, 15) is 26.8 Å². The summed E-state index contributed by atoms with van der Waals surface area (Å²) in [6.07, 6.45) is 1.64. The number of benzene rings is 2. The van der Waals surface area contributed by atoms with E-state index in [0.29, 0.717) is 18.5 Å². The number of carbonyl (C=O) groups excluding carboxylic acids is 2. The molecule has 2 amide bonds. The number of rotatable bonds is 10. The number of hydrogen-bond acceptors (Lipinski definition) is 4. The van der Waals surface area contributed by atoms with E-state index >= 15 is 0 Å². The highest BCUT2D eigenvalue weighted by Crippen LogP contribution is 2.19. The maximum absolute atomic E-state index is 13.3. The largest absolute Gasteiger partial charge is 0.354 e. The van der Waals surface area contributed by atoms with Gasteiger partial charge in [0.1, 0.15) is 24.2 Å². The van der Waals surface area contributed by atoms with Crippen LogP contribution >= 0.6 is 0 Å². The van der Waals surface area contributed by atoms with Crippen LogP contribution in [-0.4, -0.2) is 50.5 Å². The van der Waals surface area contributed by atoms with E-state index < -0.39 is 46.1 Å². The Labute approximate surface area is 187 Å². The monoisotopic (exact) mass is 467 g/mol. The van der Waals surface area contributed by atoms with Gasteiger partial charge in [-0.25, -0.2) is 17.2 Å². The summed E-state index contributed by atoms with van der Waals surface area (Å²) in [6.45, 7) is 3.23. The molecule has 1 unspecified atom stereocenters. The van der Waals surface area contributed by atoms with Crippen molar-refractivity contribution >= 4 is 27.5 Å². The van der Waals surface area contributed by atoms with E-state index in [1.165, 1.54) is 48.2 Å². The normalized spacial score (nSPS) is 12.2. The molecule has 0 saturated carbocycles. The number of hydrogen-bond donors (Lipinski definition) is 1. The molecule has 0 saturated heterocycles. The van der Waals surface area contributed by atoms with Crippen molar-refractivity contribution in [3.05, 3.63) is 65.7 Å². The first-order valence-corrected chi connectivity index (χ1v) is 11.9. The van der Waals surface area contributed by atoms with Gasteiger partial charge >= 0.3 is 0 Å². The molecule has 7 nitrogen and oxygen atoms in total. The van der Waals surface area contributed by atoms with Crippen LogP contribution in [0.5, 0.6) is 0 Å². The van der Waals surface area contributed by atoms with Crippen LogP contribution in [0.25, 0.3) is 0 Å². The van der Waals surface area contributed by atoms with Crippen molar-refractivity contribution in [3.63, 3.8) is 0 Å². The Morgan fingerprint density at radius 3 is 2.03 bits per heavy atom. The number of amides is 2. The minimum atomic E-state index is -3.88. The van der Waals surface area contributed by atoms with Crippen molar-refractivity contribution in [1.29, 1.82) is 0 Å². The van der Waals surface area contributed by atoms with E-state index in [1.807, 2.05) is 6.92 Å². The fourth-order valence-corrected chi connectivity index (χ4v) is 3.84. The van der Waals surface area contributed by atoms with E-state index in [0.717, 1.165) is 22.7 Å². The van der Waals surface area contributed by atoms with Crippen LogP contribution in [0.3, 0.4) is 0 Å². The summed E-state index contributed by atoms with van der Waals surface area (Å²) < 4.78 is 52.1. The first kappa shape index (κ1) is 25.3. The SMILES string of the molecule is CCCNC(=O)C(C)N(Cc1ccc(F)cc1)C(=O)CN(c1ccc(F)cc1)S(C)(=O)=O. The zero-order valence-electron chi connectivity index (χ0n) is 18.2. The number of sulfonamides is 1. The lowest BCUT2D eigenvalue weighted by Gasteiger charge is -2.31. The van der Waals surface area contributed by atoms with Gasteiger partial charge < -0.3 is 10.2 Å². The average molecular weight is 468 g/mol. The maximum atomic E-state index is 13.3. The molecule has 0 heterocycles. The van der Waals surface area contributed by atoms with Crippen LogP contribution in [-0.2, 0) is 26.2 Å². The molecule has 1 atom stereocenters. The second-order valence-electron chi connectivity index (χ2n) is 7.36. The molecule has 0 aliphatic heterocycles. The van der Waals surface area contributed by atoms with Crippen LogP contribution in [0, 0.1) is 11.6 Å². The lowest BCUT2D eigenvalue weighted by Crippen LogP contribution is -2.51. The summed E-state index contributed by atoms with van der Waals surface area (Å²) in [4.78, 5) is 27.0. The molecule has 32 heavy (non-hydrogen) atoms. The zero-order chi connectivity index (χ0) is 23.9. The van der Waals surface area contributed by atoms with E-state index in [1.54, 1.807) is 0 Å². The summed E-state index contributed by atoms with van der Waals surface area (Å²) >= 11 is 0. The van der Waals surface area contributed by atoms with Gasteiger partial charge in [-0.1, -0.05) is 19.1 Å². The van der Waals surface area contributed by atoms with Crippen LogP contribution in [0.15, 0.2) is 48.5 Å². The molecule has 0 fully saturated rings. The zero-order valence-corrected chi connectivity index (χ0v) is 19.0. The number of carbonyl (C=O) groups is 2. The first-order chi connectivity index (χ1) is 15.0. The van der Waals surface area contributed by atoms with Crippen LogP contribution in [0.4, 0.5) is 14.5 Å². The fourth-order valence-electron chi connectivity index (χ4n) is 2.99. The fraction of sp³-hybridized carbons (Fsp3) is 0.364. The van der Waals surface area contributed by atoms with Crippen molar-refractivity contribution in [3.8, 4) is 0 Å². The predicted octanol–water partition coefficient (Wildman–Crippen LogP) is 2.67.